The number of ether oxygens (including phenoxy) is 2. The van der Waals surface area contributed by atoms with Gasteiger partial charge in [-0.25, -0.2) is 18.7 Å². The molecule has 14 heteroatoms. The highest BCUT2D eigenvalue weighted by Gasteiger charge is 2.30. The fourth-order valence-corrected chi connectivity index (χ4v) is 7.22. The smallest absolute Gasteiger partial charge is 0.256 e. The Morgan fingerprint density at radius 3 is 2.35 bits per heavy atom. The lowest BCUT2D eigenvalue weighted by Gasteiger charge is -2.24. The van der Waals surface area contributed by atoms with Crippen molar-refractivity contribution < 1.29 is 23.0 Å². The lowest BCUT2D eigenvalue weighted by atomic mass is 10.0. The van der Waals surface area contributed by atoms with E-state index in [2.05, 4.69) is 31.2 Å². The number of halogens is 2. The van der Waals surface area contributed by atoms with Crippen LogP contribution in [0, 0.1) is 0 Å². The number of pyridine rings is 3. The summed E-state index contributed by atoms with van der Waals surface area (Å²) < 4.78 is 40.2. The van der Waals surface area contributed by atoms with E-state index in [1.807, 2.05) is 93.1 Å². The zero-order chi connectivity index (χ0) is 37.9. The molecule has 0 spiro atoms. The van der Waals surface area contributed by atoms with Crippen molar-refractivity contribution >= 4 is 67.6 Å². The van der Waals surface area contributed by atoms with E-state index in [-0.39, 0.29) is 19.1 Å². The summed E-state index contributed by atoms with van der Waals surface area (Å²) in [6, 6.07) is 25.0. The van der Waals surface area contributed by atoms with Gasteiger partial charge in [-0.1, -0.05) is 12.1 Å². The van der Waals surface area contributed by atoms with Crippen molar-refractivity contribution in [3.8, 4) is 5.75 Å². The average Bonchev–Trinajstić information content (AvgIpc) is 3.66. The minimum Gasteiger partial charge on any atom is -0.491 e. The predicted molar refractivity (Wildman–Crippen MR) is 212 cm³/mol. The van der Waals surface area contributed by atoms with Gasteiger partial charge >= 0.3 is 0 Å². The molecule has 5 aromatic heterocycles. The Morgan fingerprint density at radius 2 is 1.55 bits per heavy atom. The summed E-state index contributed by atoms with van der Waals surface area (Å²) in [6.45, 7) is 0.926. The maximum absolute atomic E-state index is 13.6. The fraction of sp³-hybridized carbons (Fsp3) is 0.268. The number of amides is 1. The molecular formula is C41H41F2N9O3. The van der Waals surface area contributed by atoms with Crippen LogP contribution in [0.15, 0.2) is 85.1 Å². The van der Waals surface area contributed by atoms with Crippen molar-refractivity contribution in [3.05, 3.63) is 102 Å². The van der Waals surface area contributed by atoms with E-state index in [4.69, 9.17) is 24.4 Å². The summed E-state index contributed by atoms with van der Waals surface area (Å²) in [4.78, 5) is 30.4. The first-order valence-corrected chi connectivity index (χ1v) is 18.2. The molecule has 3 N–H and O–H groups in total. The van der Waals surface area contributed by atoms with E-state index in [9.17, 15) is 13.6 Å². The number of fused-ring (bicyclic) bond motifs is 6. The number of carbonyl (C=O) groups excluding carboxylic acids is 1. The van der Waals surface area contributed by atoms with E-state index in [1.165, 1.54) is 0 Å². The van der Waals surface area contributed by atoms with Crippen molar-refractivity contribution in [3.63, 3.8) is 0 Å². The molecule has 1 aliphatic rings. The zero-order valence-corrected chi connectivity index (χ0v) is 30.6. The minimum absolute atomic E-state index is 0.0283. The van der Waals surface area contributed by atoms with Crippen LogP contribution in [0.5, 0.6) is 5.75 Å². The number of alkyl halides is 2. The summed E-state index contributed by atoms with van der Waals surface area (Å²) in [5, 5.41) is 12.6. The Morgan fingerprint density at radius 1 is 0.800 bits per heavy atom. The molecule has 7 aromatic rings. The lowest BCUT2D eigenvalue weighted by molar-refractivity contribution is 0.0781. The van der Waals surface area contributed by atoms with Crippen LogP contribution in [-0.2, 0) is 24.8 Å². The van der Waals surface area contributed by atoms with Crippen LogP contribution in [-0.4, -0.2) is 88.2 Å². The standard InChI is InChI=1S/C41H41F2N9O3/c1-50-19-14-34-38(41(50)53)31-10-12-36(46-27-6-3-5-26(23-27)44-18-15-42)49-40(31)52(34)25-32-37-30-9-11-35(48-39(30)51(2)33(37)13-17-45-32)47-28-7-4-8-29(24-28)55-22-21-54-20-16-43/h3-13,17,23-24,44H,14-16,18-22,25H2,1-2H3,(H,46,49)(H,47,48). The van der Waals surface area contributed by atoms with Crippen molar-refractivity contribution in [1.29, 1.82) is 0 Å². The highest BCUT2D eigenvalue weighted by molar-refractivity contribution is 6.10. The molecule has 1 amide bonds. The van der Waals surface area contributed by atoms with Gasteiger partial charge < -0.3 is 39.5 Å². The molecule has 0 saturated carbocycles. The summed E-state index contributed by atoms with van der Waals surface area (Å²) in [5.74, 6) is 1.92. The van der Waals surface area contributed by atoms with Gasteiger partial charge in [0.05, 0.1) is 36.5 Å². The molecular weight excluding hydrogens is 705 g/mol. The molecule has 0 bridgehead atoms. The monoisotopic (exact) mass is 745 g/mol. The van der Waals surface area contributed by atoms with Crippen LogP contribution in [0.3, 0.4) is 0 Å². The topological polar surface area (TPSA) is 123 Å². The third-order valence-electron chi connectivity index (χ3n) is 9.78. The number of nitrogens with one attached hydrogen (secondary N) is 3. The number of rotatable bonds is 15. The van der Waals surface area contributed by atoms with Gasteiger partial charge in [0.1, 0.15) is 48.6 Å². The number of aromatic nitrogens is 5. The quantitative estimate of drug-likeness (QED) is 0.0923. The largest absolute Gasteiger partial charge is 0.491 e. The fourth-order valence-electron chi connectivity index (χ4n) is 7.22. The average molecular weight is 746 g/mol. The second-order valence-corrected chi connectivity index (χ2v) is 13.4. The van der Waals surface area contributed by atoms with E-state index in [0.717, 1.165) is 55.8 Å². The van der Waals surface area contributed by atoms with Gasteiger partial charge in [-0.05, 0) is 60.7 Å². The minimum atomic E-state index is -0.519. The van der Waals surface area contributed by atoms with Crippen LogP contribution in [0.25, 0.3) is 33.0 Å². The van der Waals surface area contributed by atoms with E-state index >= 15 is 0 Å². The number of hydrogen-bond donors (Lipinski definition) is 3. The molecule has 55 heavy (non-hydrogen) atoms. The van der Waals surface area contributed by atoms with Crippen molar-refractivity contribution in [2.75, 3.05) is 69.3 Å². The van der Waals surface area contributed by atoms with E-state index < -0.39 is 13.3 Å². The Hall–Kier alpha value is -6.28. The normalized spacial score (nSPS) is 12.8. The molecule has 0 atom stereocenters. The van der Waals surface area contributed by atoms with Crippen LogP contribution < -0.4 is 20.7 Å². The molecule has 0 radical (unpaired) electrons. The predicted octanol–water partition coefficient (Wildman–Crippen LogP) is 7.38. The van der Waals surface area contributed by atoms with Gasteiger partial charge in [-0.2, -0.15) is 0 Å². The number of nitrogens with zero attached hydrogens (tertiary/aromatic N) is 6. The van der Waals surface area contributed by atoms with E-state index in [0.29, 0.717) is 61.3 Å². The van der Waals surface area contributed by atoms with Gasteiger partial charge in [-0.15, -0.1) is 0 Å². The van der Waals surface area contributed by atoms with Crippen LogP contribution in [0.2, 0.25) is 0 Å². The lowest BCUT2D eigenvalue weighted by Crippen LogP contribution is -2.34. The van der Waals surface area contributed by atoms with Crippen LogP contribution >= 0.6 is 0 Å². The molecule has 282 valence electrons. The van der Waals surface area contributed by atoms with Crippen molar-refractivity contribution in [2.24, 2.45) is 7.05 Å². The summed E-state index contributed by atoms with van der Waals surface area (Å²) in [5.41, 5.74) is 7.30. The second-order valence-electron chi connectivity index (χ2n) is 13.4. The molecule has 1 aliphatic heterocycles. The number of likely N-dealkylation sites (N-methyl/N-ethyl adjacent to an activating group) is 1. The Balaban J connectivity index is 1.13. The SMILES string of the molecule is CN1CCc2c(c3ccc(Nc4cccc(NCCF)c4)nc3n2Cc2nccc3c2c2ccc(Nc4cccc(OCCOCCF)c4)nc2n3C)C1=O. The third kappa shape index (κ3) is 7.20. The molecule has 2 aromatic carbocycles. The number of anilines is 5. The second kappa shape index (κ2) is 15.6. The highest BCUT2D eigenvalue weighted by Crippen LogP contribution is 2.35. The Bertz CT molecular complexity index is 2520. The maximum Gasteiger partial charge on any atom is 0.256 e. The summed E-state index contributed by atoms with van der Waals surface area (Å²) >= 11 is 0. The maximum atomic E-state index is 13.6. The molecule has 12 nitrogen and oxygen atoms in total. The van der Waals surface area contributed by atoms with Gasteiger partial charge in [0, 0.05) is 84.8 Å². The summed E-state index contributed by atoms with van der Waals surface area (Å²) in [6.07, 6.45) is 2.49. The van der Waals surface area contributed by atoms with Gasteiger partial charge in [0.2, 0.25) is 0 Å². The van der Waals surface area contributed by atoms with Crippen LogP contribution in [0.4, 0.5) is 37.5 Å². The molecule has 0 fully saturated rings. The van der Waals surface area contributed by atoms with E-state index in [1.54, 1.807) is 4.90 Å². The number of carbonyl (C=O) groups is 1. The Labute approximate surface area is 316 Å². The first kappa shape index (κ1) is 35.7. The first-order valence-electron chi connectivity index (χ1n) is 18.2. The van der Waals surface area contributed by atoms with Gasteiger partial charge in [-0.3, -0.25) is 9.78 Å². The van der Waals surface area contributed by atoms with Gasteiger partial charge in [0.25, 0.3) is 5.91 Å². The molecule has 6 heterocycles. The molecule has 8 rings (SSSR count). The number of aryl methyl sites for hydroxylation is 1. The highest BCUT2D eigenvalue weighted by atomic mass is 19.1. The van der Waals surface area contributed by atoms with Crippen LogP contribution in [0.1, 0.15) is 21.7 Å². The molecule has 0 unspecified atom stereocenters. The first-order chi connectivity index (χ1) is 26.9. The van der Waals surface area contributed by atoms with Crippen molar-refractivity contribution in [2.45, 2.75) is 13.0 Å². The van der Waals surface area contributed by atoms with Crippen molar-refractivity contribution in [1.82, 2.24) is 29.0 Å². The number of hydrogen-bond acceptors (Lipinski definition) is 9. The third-order valence-corrected chi connectivity index (χ3v) is 9.78. The molecule has 0 saturated heterocycles. The Kier molecular flexibility index (Phi) is 10.1. The molecule has 0 aliphatic carbocycles. The van der Waals surface area contributed by atoms with Gasteiger partial charge in [0.15, 0.2) is 0 Å². The zero-order valence-electron chi connectivity index (χ0n) is 30.6. The number of benzene rings is 2. The summed E-state index contributed by atoms with van der Waals surface area (Å²) in [7, 11) is 3.82.